The van der Waals surface area contributed by atoms with E-state index in [0.717, 1.165) is 25.7 Å². The number of hydrogen-bond acceptors (Lipinski definition) is 8. The number of amides is 2. The molecule has 3 fully saturated rings. The van der Waals surface area contributed by atoms with E-state index in [2.05, 4.69) is 16.8 Å². The number of nitrogens with zero attached hydrogens (tertiary/aromatic N) is 5. The van der Waals surface area contributed by atoms with Crippen molar-refractivity contribution < 1.29 is 32.6 Å². The number of carbonyl (C=O) groups excluding carboxylic acids is 3. The lowest BCUT2D eigenvalue weighted by Crippen LogP contribution is -2.49. The van der Waals surface area contributed by atoms with E-state index in [-0.39, 0.29) is 60.8 Å². The van der Waals surface area contributed by atoms with Crippen LogP contribution in [0.15, 0.2) is 65.8 Å². The molecule has 7 rings (SSSR count). The molecule has 5 heterocycles. The molecule has 0 aliphatic carbocycles. The first kappa shape index (κ1) is 38.1. The van der Waals surface area contributed by atoms with Gasteiger partial charge >= 0.3 is 0 Å². The highest BCUT2D eigenvalue weighted by Crippen LogP contribution is 2.34. The van der Waals surface area contributed by atoms with E-state index in [0.29, 0.717) is 78.0 Å². The number of ether oxygens (including phenoxy) is 2. The van der Waals surface area contributed by atoms with Gasteiger partial charge in [0.15, 0.2) is 11.6 Å². The van der Waals surface area contributed by atoms with Gasteiger partial charge in [-0.2, -0.15) is 0 Å². The Balaban J connectivity index is 0.928. The van der Waals surface area contributed by atoms with E-state index in [1.54, 1.807) is 53.5 Å². The van der Waals surface area contributed by atoms with Crippen LogP contribution in [0.2, 0.25) is 0 Å². The Morgan fingerprint density at radius 2 is 1.76 bits per heavy atom. The largest absolute Gasteiger partial charge is 0.495 e. The van der Waals surface area contributed by atoms with E-state index in [1.165, 1.54) is 24.1 Å². The number of anilines is 1. The van der Waals surface area contributed by atoms with Crippen molar-refractivity contribution in [2.75, 3.05) is 51.3 Å². The monoisotopic (exact) mass is 755 g/mol. The molecule has 0 unspecified atom stereocenters. The number of unbranched alkanes of at least 4 members (excludes halogenated alkanes) is 1. The Bertz CT molecular complexity index is 2130. The number of carbonyl (C=O) groups is 3. The van der Waals surface area contributed by atoms with Gasteiger partial charge in [0, 0.05) is 82.0 Å². The van der Waals surface area contributed by atoms with Crippen LogP contribution in [0.25, 0.3) is 21.9 Å². The van der Waals surface area contributed by atoms with Crippen LogP contribution < -0.4 is 19.9 Å². The summed E-state index contributed by atoms with van der Waals surface area (Å²) in [5, 5.41) is 1.16. The van der Waals surface area contributed by atoms with Crippen molar-refractivity contribution >= 4 is 34.1 Å². The van der Waals surface area contributed by atoms with Crippen molar-refractivity contribution in [3.63, 3.8) is 0 Å². The van der Waals surface area contributed by atoms with Crippen LogP contribution in [0.1, 0.15) is 62.2 Å². The summed E-state index contributed by atoms with van der Waals surface area (Å²) < 4.78 is 44.2. The second kappa shape index (κ2) is 16.7. The van der Waals surface area contributed by atoms with Gasteiger partial charge in [-0.3, -0.25) is 29.1 Å². The third-order valence-corrected chi connectivity index (χ3v) is 11.1. The Labute approximate surface area is 318 Å². The summed E-state index contributed by atoms with van der Waals surface area (Å²) >= 11 is 0. The molecule has 3 aliphatic heterocycles. The third-order valence-electron chi connectivity index (χ3n) is 11.1. The molecule has 11 nitrogen and oxygen atoms in total. The molecule has 3 aliphatic rings. The second-order valence-electron chi connectivity index (χ2n) is 14.8. The lowest BCUT2D eigenvalue weighted by Gasteiger charge is -2.39. The fraction of sp³-hybridized carbons (Fsp3) is 0.452. The number of rotatable bonds is 11. The van der Waals surface area contributed by atoms with Crippen molar-refractivity contribution in [1.82, 2.24) is 19.4 Å². The molecule has 0 radical (unpaired) electrons. The topological polar surface area (TPSA) is 114 Å². The number of benzene rings is 2. The van der Waals surface area contributed by atoms with E-state index in [9.17, 15) is 19.2 Å². The van der Waals surface area contributed by atoms with Crippen LogP contribution >= 0.6 is 0 Å². The number of halogens is 2. The minimum Gasteiger partial charge on any atom is -0.495 e. The molecule has 0 saturated carbocycles. The number of pyridine rings is 2. The number of fused-ring (bicyclic) bond motifs is 1. The minimum absolute atomic E-state index is 0.00576. The number of methoxy groups -OCH3 is 1. The maximum Gasteiger partial charge on any atom is 0.260 e. The van der Waals surface area contributed by atoms with Crippen LogP contribution in [0.3, 0.4) is 0 Å². The summed E-state index contributed by atoms with van der Waals surface area (Å²) in [5.74, 6) is -0.380. The average Bonchev–Trinajstić information content (AvgIpc) is 3.19. The third kappa shape index (κ3) is 8.26. The van der Waals surface area contributed by atoms with Crippen molar-refractivity contribution in [1.29, 1.82) is 0 Å². The molecule has 0 N–H and O–H groups in total. The van der Waals surface area contributed by atoms with Crippen LogP contribution in [-0.4, -0.2) is 95.6 Å². The number of alkyl halides is 1. The van der Waals surface area contributed by atoms with Crippen LogP contribution in [0.5, 0.6) is 11.5 Å². The molecule has 13 heteroatoms. The predicted molar refractivity (Wildman–Crippen MR) is 205 cm³/mol. The predicted octanol–water partition coefficient (Wildman–Crippen LogP) is 6.05. The standard InChI is InChI=1S/C42H47F2N5O6/c1-3-4-15-48-25-33(31-9-14-45-23-32(31)42(48)53)28-5-7-37(34(43)20-28)55-38-13-16-46(26-35(38)44)24-27-10-17-47(18-11-27)41(52)29-6-8-39(54-2)36(21-29)49-19-12-30(50)22-40(49)51/h5-9,14,20-21,23,25,27,35,38H,3-4,10-13,15-19,22,24,26H2,1-2H3/t35-,38-/m1/s1. The minimum atomic E-state index is -1.30. The molecule has 3 saturated heterocycles. The first-order valence-electron chi connectivity index (χ1n) is 19.2. The summed E-state index contributed by atoms with van der Waals surface area (Å²) in [6.07, 6.45) is 6.65. The number of piperidine rings is 3. The molecule has 2 atom stereocenters. The van der Waals surface area contributed by atoms with E-state index >= 15 is 8.78 Å². The number of aromatic nitrogens is 2. The SMILES string of the molecule is CCCCn1cc(-c2ccc(O[C@@H]3CCN(CC4CCN(C(=O)c5ccc(OC)c(N6CCC(=O)CC6=O)c5)CC4)C[C@H]3F)c(F)c2)c2ccncc2c1=O. The normalized spacial score (nSPS) is 19.9. The van der Waals surface area contributed by atoms with Crippen molar-refractivity contribution in [3.8, 4) is 22.6 Å². The molecule has 2 aromatic carbocycles. The molecule has 0 spiro atoms. The van der Waals surface area contributed by atoms with Crippen LogP contribution in [0, 0.1) is 11.7 Å². The lowest BCUT2D eigenvalue weighted by atomic mass is 9.94. The van der Waals surface area contributed by atoms with Crippen molar-refractivity contribution in [2.45, 2.75) is 70.7 Å². The summed E-state index contributed by atoms with van der Waals surface area (Å²) in [5.41, 5.74) is 2.11. The Morgan fingerprint density at radius 1 is 0.964 bits per heavy atom. The number of aryl methyl sites for hydroxylation is 1. The Kier molecular flexibility index (Phi) is 11.6. The fourth-order valence-corrected chi connectivity index (χ4v) is 8.00. The molecular weight excluding hydrogens is 708 g/mol. The van der Waals surface area contributed by atoms with Gasteiger partial charge in [0.25, 0.3) is 11.5 Å². The molecule has 290 valence electrons. The summed E-state index contributed by atoms with van der Waals surface area (Å²) in [6.45, 7) is 5.46. The number of ketones is 1. The van der Waals surface area contributed by atoms with E-state index in [1.807, 2.05) is 4.90 Å². The molecule has 55 heavy (non-hydrogen) atoms. The highest BCUT2D eigenvalue weighted by atomic mass is 19.1. The first-order chi connectivity index (χ1) is 26.6. The first-order valence-corrected chi connectivity index (χ1v) is 19.2. The number of hydrogen-bond donors (Lipinski definition) is 0. The van der Waals surface area contributed by atoms with Gasteiger partial charge in [0.2, 0.25) is 5.91 Å². The van der Waals surface area contributed by atoms with Gasteiger partial charge < -0.3 is 23.8 Å². The highest BCUT2D eigenvalue weighted by molar-refractivity contribution is 6.09. The zero-order valence-corrected chi connectivity index (χ0v) is 31.3. The summed E-state index contributed by atoms with van der Waals surface area (Å²) in [4.78, 5) is 60.5. The maximum absolute atomic E-state index is 15.6. The lowest BCUT2D eigenvalue weighted by molar-refractivity contribution is -0.128. The molecule has 2 aromatic heterocycles. The number of likely N-dealkylation sites (tertiary alicyclic amines) is 2. The van der Waals surface area contributed by atoms with Crippen LogP contribution in [-0.2, 0) is 16.1 Å². The van der Waals surface area contributed by atoms with E-state index < -0.39 is 18.1 Å². The van der Waals surface area contributed by atoms with Gasteiger partial charge in [0.1, 0.15) is 23.8 Å². The van der Waals surface area contributed by atoms with Crippen LogP contribution in [0.4, 0.5) is 14.5 Å². The van der Waals surface area contributed by atoms with Gasteiger partial charge in [-0.1, -0.05) is 19.4 Å². The van der Waals surface area contributed by atoms with Crippen molar-refractivity contribution in [3.05, 3.63) is 82.8 Å². The zero-order valence-electron chi connectivity index (χ0n) is 31.3. The highest BCUT2D eigenvalue weighted by Gasteiger charge is 2.34. The maximum atomic E-state index is 15.6. The van der Waals surface area contributed by atoms with E-state index in [4.69, 9.17) is 9.47 Å². The molecule has 4 aromatic rings. The zero-order chi connectivity index (χ0) is 38.6. The average molecular weight is 756 g/mol. The molecular formula is C42H47F2N5O6. The Hall–Kier alpha value is -5.17. The quantitative estimate of drug-likeness (QED) is 0.170. The van der Waals surface area contributed by atoms with Gasteiger partial charge in [-0.15, -0.1) is 0 Å². The van der Waals surface area contributed by atoms with Crippen molar-refractivity contribution in [2.24, 2.45) is 5.92 Å². The van der Waals surface area contributed by atoms with Gasteiger partial charge in [-0.25, -0.2) is 8.78 Å². The number of Topliss-reactive ketones (excluding diaryl/α,β-unsaturated/α-hetero) is 1. The van der Waals surface area contributed by atoms with Gasteiger partial charge in [0.05, 0.1) is 24.6 Å². The Morgan fingerprint density at radius 3 is 2.49 bits per heavy atom. The summed E-state index contributed by atoms with van der Waals surface area (Å²) in [7, 11) is 1.50. The smallest absolute Gasteiger partial charge is 0.260 e. The fourth-order valence-electron chi connectivity index (χ4n) is 8.00. The van der Waals surface area contributed by atoms with Gasteiger partial charge in [-0.05, 0) is 78.9 Å². The molecule has 0 bridgehead atoms. The summed E-state index contributed by atoms with van der Waals surface area (Å²) in [6, 6.07) is 11.5. The second-order valence-corrected chi connectivity index (χ2v) is 14.8. The molecule has 2 amide bonds.